The summed E-state index contributed by atoms with van der Waals surface area (Å²) in [6.45, 7) is 6.47. The van der Waals surface area contributed by atoms with Crippen molar-refractivity contribution in [3.8, 4) is 0 Å². The first-order chi connectivity index (χ1) is 13.9. The van der Waals surface area contributed by atoms with Crippen molar-refractivity contribution in [1.82, 2.24) is 10.6 Å². The molecule has 2 aromatic carbocycles. The van der Waals surface area contributed by atoms with Gasteiger partial charge in [-0.3, -0.25) is 14.4 Å². The fraction of sp³-hybridized carbons (Fsp3) is 0.318. The van der Waals surface area contributed by atoms with E-state index in [0.29, 0.717) is 23.4 Å². The number of hydrogen-bond acceptors (Lipinski definition) is 4. The van der Waals surface area contributed by atoms with Crippen LogP contribution in [0.25, 0.3) is 0 Å². The third-order valence-electron chi connectivity index (χ3n) is 4.36. The Bertz CT molecular complexity index is 832. The van der Waals surface area contributed by atoms with Gasteiger partial charge in [0.2, 0.25) is 5.91 Å². The van der Waals surface area contributed by atoms with Crippen LogP contribution in [-0.2, 0) is 4.79 Å². The second-order valence-corrected chi connectivity index (χ2v) is 6.70. The molecule has 0 aliphatic rings. The molecule has 29 heavy (non-hydrogen) atoms. The van der Waals surface area contributed by atoms with Gasteiger partial charge in [0.25, 0.3) is 11.8 Å². The maximum absolute atomic E-state index is 12.1. The number of benzene rings is 2. The van der Waals surface area contributed by atoms with Crippen LogP contribution in [0.1, 0.15) is 47.9 Å². The second kappa shape index (κ2) is 10.8. The smallest absolute Gasteiger partial charge is 0.251 e. The minimum Gasteiger partial charge on any atom is -0.376 e. The highest BCUT2D eigenvalue weighted by atomic mass is 16.2. The van der Waals surface area contributed by atoms with Crippen LogP contribution < -0.4 is 21.3 Å². The Morgan fingerprint density at radius 1 is 0.828 bits per heavy atom. The number of carbonyl (C=O) groups excluding carboxylic acids is 3. The van der Waals surface area contributed by atoms with E-state index in [1.807, 2.05) is 20.8 Å². The normalized spacial score (nSPS) is 11.3. The predicted molar refractivity (Wildman–Crippen MR) is 115 cm³/mol. The summed E-state index contributed by atoms with van der Waals surface area (Å²) in [4.78, 5) is 35.9. The van der Waals surface area contributed by atoms with Crippen LogP contribution in [0.5, 0.6) is 0 Å². The number of rotatable bonds is 9. The Labute approximate surface area is 171 Å². The minimum absolute atomic E-state index is 0.0798. The molecule has 0 fully saturated rings. The predicted octanol–water partition coefficient (Wildman–Crippen LogP) is 3.02. The van der Waals surface area contributed by atoms with Gasteiger partial charge in [-0.05, 0) is 68.8 Å². The van der Waals surface area contributed by atoms with Gasteiger partial charge in [-0.1, -0.05) is 6.92 Å². The van der Waals surface area contributed by atoms with Crippen molar-refractivity contribution in [3.05, 3.63) is 59.7 Å². The zero-order valence-electron chi connectivity index (χ0n) is 17.0. The molecule has 3 amide bonds. The lowest BCUT2D eigenvalue weighted by molar-refractivity contribution is -0.114. The molecule has 154 valence electrons. The number of anilines is 2. The Hall–Kier alpha value is -3.35. The number of hydrogen-bond donors (Lipinski definition) is 4. The lowest BCUT2D eigenvalue weighted by Crippen LogP contribution is -2.31. The minimum atomic E-state index is -0.214. The van der Waals surface area contributed by atoms with E-state index in [1.54, 1.807) is 48.5 Å². The third kappa shape index (κ3) is 6.95. The monoisotopic (exact) mass is 396 g/mol. The van der Waals surface area contributed by atoms with Crippen LogP contribution >= 0.6 is 0 Å². The van der Waals surface area contributed by atoms with Crippen LogP contribution in [0.4, 0.5) is 11.4 Å². The van der Waals surface area contributed by atoms with Gasteiger partial charge in [-0.15, -0.1) is 0 Å². The molecular weight excluding hydrogens is 368 g/mol. The van der Waals surface area contributed by atoms with Crippen molar-refractivity contribution in [3.63, 3.8) is 0 Å². The van der Waals surface area contributed by atoms with Crippen LogP contribution in [0, 0.1) is 0 Å². The van der Waals surface area contributed by atoms with E-state index in [2.05, 4.69) is 21.3 Å². The SMILES string of the molecule is CCNC(=O)c1ccc(NC(=O)CNc2ccc(C(=O)NC(C)CC)cc2)cc1. The third-order valence-corrected chi connectivity index (χ3v) is 4.36. The summed E-state index contributed by atoms with van der Waals surface area (Å²) in [7, 11) is 0. The van der Waals surface area contributed by atoms with Crippen molar-refractivity contribution in [1.29, 1.82) is 0 Å². The van der Waals surface area contributed by atoms with E-state index in [1.165, 1.54) is 0 Å². The average Bonchev–Trinajstić information content (AvgIpc) is 2.73. The molecule has 0 radical (unpaired) electrons. The molecule has 1 atom stereocenters. The highest BCUT2D eigenvalue weighted by Gasteiger charge is 2.09. The summed E-state index contributed by atoms with van der Waals surface area (Å²) in [5, 5.41) is 11.4. The van der Waals surface area contributed by atoms with Crippen molar-refractivity contribution in [2.75, 3.05) is 23.7 Å². The Balaban J connectivity index is 1.83. The molecule has 0 aliphatic heterocycles. The van der Waals surface area contributed by atoms with Crippen molar-refractivity contribution in [2.45, 2.75) is 33.2 Å². The molecule has 0 spiro atoms. The van der Waals surface area contributed by atoms with Crippen LogP contribution in [0.3, 0.4) is 0 Å². The summed E-state index contributed by atoms with van der Waals surface area (Å²) in [6.07, 6.45) is 0.870. The van der Waals surface area contributed by atoms with Crippen LogP contribution in [0.2, 0.25) is 0 Å². The van der Waals surface area contributed by atoms with Crippen molar-refractivity contribution in [2.24, 2.45) is 0 Å². The molecule has 0 aromatic heterocycles. The van der Waals surface area contributed by atoms with Gasteiger partial charge in [0, 0.05) is 35.1 Å². The zero-order valence-corrected chi connectivity index (χ0v) is 17.0. The lowest BCUT2D eigenvalue weighted by atomic mass is 10.1. The fourth-order valence-electron chi connectivity index (χ4n) is 2.50. The molecule has 2 rings (SSSR count). The largest absolute Gasteiger partial charge is 0.376 e. The van der Waals surface area contributed by atoms with Crippen LogP contribution in [0.15, 0.2) is 48.5 Å². The molecule has 1 unspecified atom stereocenters. The summed E-state index contributed by atoms with van der Waals surface area (Å²) in [5.74, 6) is -0.470. The van der Waals surface area contributed by atoms with E-state index in [4.69, 9.17) is 0 Å². The first-order valence-electron chi connectivity index (χ1n) is 9.75. The molecular formula is C22H28N4O3. The Morgan fingerprint density at radius 2 is 1.38 bits per heavy atom. The Morgan fingerprint density at radius 3 is 1.93 bits per heavy atom. The van der Waals surface area contributed by atoms with E-state index in [9.17, 15) is 14.4 Å². The quantitative estimate of drug-likeness (QED) is 0.524. The maximum Gasteiger partial charge on any atom is 0.251 e. The zero-order chi connectivity index (χ0) is 21.2. The topological polar surface area (TPSA) is 99.3 Å². The second-order valence-electron chi connectivity index (χ2n) is 6.70. The highest BCUT2D eigenvalue weighted by Crippen LogP contribution is 2.11. The average molecular weight is 396 g/mol. The van der Waals surface area contributed by atoms with Gasteiger partial charge in [-0.25, -0.2) is 0 Å². The molecule has 4 N–H and O–H groups in total. The molecule has 0 saturated carbocycles. The summed E-state index contributed by atoms with van der Waals surface area (Å²) < 4.78 is 0. The van der Waals surface area contributed by atoms with Crippen molar-refractivity contribution >= 4 is 29.1 Å². The molecule has 0 bridgehead atoms. The fourth-order valence-corrected chi connectivity index (χ4v) is 2.50. The molecule has 0 saturated heterocycles. The van der Waals surface area contributed by atoms with Gasteiger partial charge in [0.1, 0.15) is 0 Å². The first-order valence-corrected chi connectivity index (χ1v) is 9.75. The van der Waals surface area contributed by atoms with Crippen LogP contribution in [-0.4, -0.2) is 36.9 Å². The van der Waals surface area contributed by atoms with Gasteiger partial charge >= 0.3 is 0 Å². The van der Waals surface area contributed by atoms with E-state index >= 15 is 0 Å². The van der Waals surface area contributed by atoms with E-state index < -0.39 is 0 Å². The summed E-state index contributed by atoms with van der Waals surface area (Å²) in [5.41, 5.74) is 2.47. The number of amides is 3. The lowest BCUT2D eigenvalue weighted by Gasteiger charge is -2.12. The summed E-state index contributed by atoms with van der Waals surface area (Å²) in [6, 6.07) is 13.8. The molecule has 0 heterocycles. The standard InChI is InChI=1S/C22H28N4O3/c1-4-15(3)25-22(29)17-6-10-18(11-7-17)24-14-20(27)26-19-12-8-16(9-13-19)21(28)23-5-2/h6-13,15,24H,4-5,14H2,1-3H3,(H,23,28)(H,25,29)(H,26,27). The molecule has 0 aliphatic carbocycles. The van der Waals surface area contributed by atoms with Gasteiger partial charge < -0.3 is 21.3 Å². The molecule has 7 heteroatoms. The maximum atomic E-state index is 12.1. The van der Waals surface area contributed by atoms with Crippen molar-refractivity contribution < 1.29 is 14.4 Å². The number of carbonyl (C=O) groups is 3. The van der Waals surface area contributed by atoms with Gasteiger partial charge in [-0.2, -0.15) is 0 Å². The number of nitrogens with one attached hydrogen (secondary N) is 4. The molecule has 2 aromatic rings. The first kappa shape index (κ1) is 21.9. The highest BCUT2D eigenvalue weighted by molar-refractivity contribution is 5.97. The van der Waals surface area contributed by atoms with Gasteiger partial charge in [0.05, 0.1) is 6.54 Å². The van der Waals surface area contributed by atoms with E-state index in [-0.39, 0.29) is 30.3 Å². The Kier molecular flexibility index (Phi) is 8.21. The van der Waals surface area contributed by atoms with Gasteiger partial charge in [0.15, 0.2) is 0 Å². The molecule has 7 nitrogen and oxygen atoms in total. The summed E-state index contributed by atoms with van der Waals surface area (Å²) >= 11 is 0. The van der Waals surface area contributed by atoms with E-state index in [0.717, 1.165) is 12.1 Å².